The SMILES string of the molecule is Clc1cc(NC2CCOC2)cnn1. The second-order valence-electron chi connectivity index (χ2n) is 2.97. The average Bonchev–Trinajstić information content (AvgIpc) is 2.57. The summed E-state index contributed by atoms with van der Waals surface area (Å²) in [6.07, 6.45) is 2.68. The van der Waals surface area contributed by atoms with Gasteiger partial charge in [-0.2, -0.15) is 5.10 Å². The monoisotopic (exact) mass is 199 g/mol. The van der Waals surface area contributed by atoms with Crippen molar-refractivity contribution in [1.29, 1.82) is 0 Å². The maximum atomic E-state index is 5.69. The molecule has 1 saturated heterocycles. The van der Waals surface area contributed by atoms with Crippen LogP contribution in [0.4, 0.5) is 5.69 Å². The third-order valence-electron chi connectivity index (χ3n) is 1.93. The normalized spacial score (nSPS) is 21.8. The molecule has 1 N–H and O–H groups in total. The number of ether oxygens (including phenoxy) is 1. The van der Waals surface area contributed by atoms with Gasteiger partial charge in [-0.3, -0.25) is 0 Å². The highest BCUT2D eigenvalue weighted by molar-refractivity contribution is 6.29. The fourth-order valence-corrected chi connectivity index (χ4v) is 1.46. The molecule has 1 aliphatic rings. The predicted octanol–water partition coefficient (Wildman–Crippen LogP) is 1.33. The third-order valence-corrected chi connectivity index (χ3v) is 2.11. The Morgan fingerprint density at radius 3 is 3.23 bits per heavy atom. The van der Waals surface area contributed by atoms with E-state index < -0.39 is 0 Å². The Kier molecular flexibility index (Phi) is 2.61. The molecule has 1 aliphatic heterocycles. The van der Waals surface area contributed by atoms with Gasteiger partial charge in [0.2, 0.25) is 0 Å². The molecule has 2 heterocycles. The molecule has 1 aromatic heterocycles. The highest BCUT2D eigenvalue weighted by Crippen LogP contribution is 2.14. The zero-order valence-electron chi connectivity index (χ0n) is 7.03. The second-order valence-corrected chi connectivity index (χ2v) is 3.36. The molecule has 0 spiro atoms. The summed E-state index contributed by atoms with van der Waals surface area (Å²) in [5.41, 5.74) is 0.899. The van der Waals surface area contributed by atoms with Crippen LogP contribution in [-0.2, 0) is 4.74 Å². The Bertz CT molecular complexity index is 288. The zero-order chi connectivity index (χ0) is 9.10. The number of hydrogen-bond acceptors (Lipinski definition) is 4. The maximum Gasteiger partial charge on any atom is 0.153 e. The van der Waals surface area contributed by atoms with Crippen molar-refractivity contribution in [2.75, 3.05) is 18.5 Å². The summed E-state index contributed by atoms with van der Waals surface area (Å²) in [5.74, 6) is 0. The Balaban J connectivity index is 2.00. The summed E-state index contributed by atoms with van der Waals surface area (Å²) in [5, 5.41) is 11.1. The van der Waals surface area contributed by atoms with Gasteiger partial charge in [-0.1, -0.05) is 11.6 Å². The van der Waals surface area contributed by atoms with E-state index in [-0.39, 0.29) is 0 Å². The fourth-order valence-electron chi connectivity index (χ4n) is 1.30. The summed E-state index contributed by atoms with van der Waals surface area (Å²) in [6, 6.07) is 2.13. The van der Waals surface area contributed by atoms with E-state index in [0.29, 0.717) is 11.2 Å². The molecule has 0 radical (unpaired) electrons. The predicted molar refractivity (Wildman–Crippen MR) is 49.9 cm³/mol. The van der Waals surface area contributed by atoms with Gasteiger partial charge in [-0.25, -0.2) is 0 Å². The van der Waals surface area contributed by atoms with Gasteiger partial charge in [0.15, 0.2) is 5.15 Å². The third kappa shape index (κ3) is 2.29. The Morgan fingerprint density at radius 1 is 1.62 bits per heavy atom. The lowest BCUT2D eigenvalue weighted by molar-refractivity contribution is 0.195. The van der Waals surface area contributed by atoms with Gasteiger partial charge in [0.1, 0.15) is 0 Å². The minimum Gasteiger partial charge on any atom is -0.379 e. The topological polar surface area (TPSA) is 47.0 Å². The molecule has 0 aromatic carbocycles. The first kappa shape index (κ1) is 8.72. The molecular weight excluding hydrogens is 190 g/mol. The lowest BCUT2D eigenvalue weighted by Crippen LogP contribution is -2.18. The van der Waals surface area contributed by atoms with Gasteiger partial charge >= 0.3 is 0 Å². The van der Waals surface area contributed by atoms with Crippen LogP contribution in [0.15, 0.2) is 12.3 Å². The van der Waals surface area contributed by atoms with Crippen molar-refractivity contribution >= 4 is 17.3 Å². The fraction of sp³-hybridized carbons (Fsp3) is 0.500. The quantitative estimate of drug-likeness (QED) is 0.781. The van der Waals surface area contributed by atoms with Gasteiger partial charge < -0.3 is 10.1 Å². The molecule has 4 nitrogen and oxygen atoms in total. The van der Waals surface area contributed by atoms with Crippen LogP contribution in [0.1, 0.15) is 6.42 Å². The van der Waals surface area contributed by atoms with Crippen molar-refractivity contribution in [3.05, 3.63) is 17.4 Å². The minimum absolute atomic E-state index is 0.375. The van der Waals surface area contributed by atoms with E-state index >= 15 is 0 Å². The molecule has 13 heavy (non-hydrogen) atoms. The molecule has 0 saturated carbocycles. The first-order valence-corrected chi connectivity index (χ1v) is 4.55. The first-order valence-electron chi connectivity index (χ1n) is 4.17. The van der Waals surface area contributed by atoms with Crippen molar-refractivity contribution in [3.8, 4) is 0 Å². The Labute approximate surface area is 81.3 Å². The van der Waals surface area contributed by atoms with Crippen LogP contribution in [-0.4, -0.2) is 29.5 Å². The van der Waals surface area contributed by atoms with Crippen molar-refractivity contribution in [2.24, 2.45) is 0 Å². The molecule has 0 aliphatic carbocycles. The lowest BCUT2D eigenvalue weighted by Gasteiger charge is -2.10. The number of aromatic nitrogens is 2. The van der Waals surface area contributed by atoms with E-state index in [1.54, 1.807) is 12.3 Å². The lowest BCUT2D eigenvalue weighted by atomic mass is 10.2. The van der Waals surface area contributed by atoms with Gasteiger partial charge in [-0.15, -0.1) is 5.10 Å². The standard InChI is InChI=1S/C8H10ClN3O/c9-8-3-7(4-10-12-8)11-6-1-2-13-5-6/h3-4,6H,1-2,5H2,(H,11,12). The average molecular weight is 200 g/mol. The van der Waals surface area contributed by atoms with Gasteiger partial charge in [0.25, 0.3) is 0 Å². The summed E-state index contributed by atoms with van der Waals surface area (Å²) in [6.45, 7) is 1.57. The number of halogens is 1. The minimum atomic E-state index is 0.375. The van der Waals surface area contributed by atoms with Crippen LogP contribution in [0.5, 0.6) is 0 Å². The van der Waals surface area contributed by atoms with E-state index in [2.05, 4.69) is 15.5 Å². The van der Waals surface area contributed by atoms with Crippen LogP contribution >= 0.6 is 11.6 Å². The zero-order valence-corrected chi connectivity index (χ0v) is 7.79. The largest absolute Gasteiger partial charge is 0.379 e. The first-order chi connectivity index (χ1) is 6.34. The van der Waals surface area contributed by atoms with Crippen molar-refractivity contribution in [1.82, 2.24) is 10.2 Å². The summed E-state index contributed by atoms with van der Waals surface area (Å²) < 4.78 is 5.23. The number of nitrogens with zero attached hydrogens (tertiary/aromatic N) is 2. The van der Waals surface area contributed by atoms with E-state index in [4.69, 9.17) is 16.3 Å². The van der Waals surface area contributed by atoms with E-state index in [1.807, 2.05) is 0 Å². The van der Waals surface area contributed by atoms with Gasteiger partial charge in [0, 0.05) is 12.7 Å². The molecule has 1 unspecified atom stereocenters. The van der Waals surface area contributed by atoms with Crippen LogP contribution in [0.2, 0.25) is 5.15 Å². The summed E-state index contributed by atoms with van der Waals surface area (Å²) in [7, 11) is 0. The Hall–Kier alpha value is -0.870. The van der Waals surface area contributed by atoms with Gasteiger partial charge in [0.05, 0.1) is 24.5 Å². The summed E-state index contributed by atoms with van der Waals surface area (Å²) >= 11 is 5.69. The number of nitrogens with one attached hydrogen (secondary N) is 1. The van der Waals surface area contributed by atoms with Crippen molar-refractivity contribution < 1.29 is 4.74 Å². The van der Waals surface area contributed by atoms with Crippen molar-refractivity contribution in [2.45, 2.75) is 12.5 Å². The Morgan fingerprint density at radius 2 is 2.54 bits per heavy atom. The molecule has 2 rings (SSSR count). The molecule has 1 aromatic rings. The highest BCUT2D eigenvalue weighted by Gasteiger charge is 2.14. The highest BCUT2D eigenvalue weighted by atomic mass is 35.5. The van der Waals surface area contributed by atoms with E-state index in [0.717, 1.165) is 25.3 Å². The molecule has 1 fully saturated rings. The molecule has 1 atom stereocenters. The number of rotatable bonds is 2. The number of anilines is 1. The maximum absolute atomic E-state index is 5.69. The smallest absolute Gasteiger partial charge is 0.153 e. The molecule has 5 heteroatoms. The van der Waals surface area contributed by atoms with Crippen LogP contribution in [0.25, 0.3) is 0 Å². The number of hydrogen-bond donors (Lipinski definition) is 1. The molecular formula is C8H10ClN3O. The van der Waals surface area contributed by atoms with Crippen LogP contribution in [0.3, 0.4) is 0 Å². The van der Waals surface area contributed by atoms with Crippen molar-refractivity contribution in [3.63, 3.8) is 0 Å². The molecule has 0 bridgehead atoms. The van der Waals surface area contributed by atoms with Crippen LogP contribution < -0.4 is 5.32 Å². The summed E-state index contributed by atoms with van der Waals surface area (Å²) in [4.78, 5) is 0. The van der Waals surface area contributed by atoms with Crippen LogP contribution in [0, 0.1) is 0 Å². The molecule has 0 amide bonds. The van der Waals surface area contributed by atoms with E-state index in [1.165, 1.54) is 0 Å². The van der Waals surface area contributed by atoms with Gasteiger partial charge in [-0.05, 0) is 6.42 Å². The molecule has 70 valence electrons. The second kappa shape index (κ2) is 3.89. The van der Waals surface area contributed by atoms with E-state index in [9.17, 15) is 0 Å².